The molecule has 0 unspecified atom stereocenters. The minimum Gasteiger partial charge on any atom is -0.491 e. The number of carboxylic acids is 1. The van der Waals surface area contributed by atoms with Gasteiger partial charge in [-0.25, -0.2) is 9.78 Å². The molecule has 0 saturated heterocycles. The lowest BCUT2D eigenvalue weighted by Gasteiger charge is -2.24. The van der Waals surface area contributed by atoms with Crippen molar-refractivity contribution >= 4 is 23.2 Å². The number of aryl methyl sites for hydroxylation is 2. The third-order valence-corrected chi connectivity index (χ3v) is 5.18. The van der Waals surface area contributed by atoms with Crippen LogP contribution in [0.4, 0.5) is 0 Å². The van der Waals surface area contributed by atoms with E-state index in [1.165, 1.54) is 0 Å². The second-order valence-electron chi connectivity index (χ2n) is 7.40. The average Bonchev–Trinajstić information content (AvgIpc) is 2.92. The number of aromatic nitrogens is 1. The van der Waals surface area contributed by atoms with Gasteiger partial charge in [-0.15, -0.1) is 11.3 Å². The number of carboxylic acid groups (broad SMARTS) is 1. The monoisotopic (exact) mass is 390 g/mol. The molecule has 2 aromatic rings. The Hall–Kier alpha value is -2.41. The second-order valence-corrected chi connectivity index (χ2v) is 8.49. The van der Waals surface area contributed by atoms with Crippen LogP contribution in [-0.4, -0.2) is 35.1 Å². The van der Waals surface area contributed by atoms with E-state index in [1.54, 1.807) is 6.92 Å². The van der Waals surface area contributed by atoms with Gasteiger partial charge in [-0.1, -0.05) is 39.0 Å². The fraction of sp³-hybridized carbons (Fsp3) is 0.450. The molecule has 2 N–H and O–H groups in total. The molecule has 1 amide bonds. The maximum Gasteiger partial charge on any atom is 0.347 e. The molecule has 6 nitrogen and oxygen atoms in total. The van der Waals surface area contributed by atoms with Crippen LogP contribution in [0.1, 0.15) is 52.3 Å². The lowest BCUT2D eigenvalue weighted by molar-refractivity contribution is -0.120. The van der Waals surface area contributed by atoms with E-state index in [1.807, 2.05) is 19.1 Å². The molecule has 7 heteroatoms. The van der Waals surface area contributed by atoms with Crippen molar-refractivity contribution in [3.05, 3.63) is 44.9 Å². The van der Waals surface area contributed by atoms with E-state index in [4.69, 9.17) is 9.84 Å². The fourth-order valence-corrected chi connectivity index (χ4v) is 3.61. The van der Waals surface area contributed by atoms with Gasteiger partial charge in [0.15, 0.2) is 0 Å². The molecule has 146 valence electrons. The first-order chi connectivity index (χ1) is 12.6. The minimum atomic E-state index is -1.02. The molecule has 0 radical (unpaired) electrons. The quantitative estimate of drug-likeness (QED) is 0.707. The van der Waals surface area contributed by atoms with Crippen molar-refractivity contribution in [2.45, 2.75) is 46.5 Å². The Morgan fingerprint density at radius 2 is 1.96 bits per heavy atom. The highest BCUT2D eigenvalue weighted by Gasteiger charge is 2.20. The topological polar surface area (TPSA) is 88.5 Å². The highest BCUT2D eigenvalue weighted by atomic mass is 32.1. The van der Waals surface area contributed by atoms with Gasteiger partial charge >= 0.3 is 5.97 Å². The number of nitrogens with one attached hydrogen (secondary N) is 1. The number of para-hydroxylation sites is 1. The summed E-state index contributed by atoms with van der Waals surface area (Å²) in [5.41, 5.74) is 2.60. The average molecular weight is 391 g/mol. The molecule has 0 fully saturated rings. The molecule has 0 bridgehead atoms. The lowest BCUT2D eigenvalue weighted by Crippen LogP contribution is -2.29. The zero-order valence-corrected chi connectivity index (χ0v) is 17.2. The smallest absolute Gasteiger partial charge is 0.347 e. The summed E-state index contributed by atoms with van der Waals surface area (Å²) in [6.07, 6.45) is 0.0659. The van der Waals surface area contributed by atoms with Crippen LogP contribution in [0.2, 0.25) is 0 Å². The van der Waals surface area contributed by atoms with Crippen LogP contribution >= 0.6 is 11.3 Å². The Morgan fingerprint density at radius 3 is 2.56 bits per heavy atom. The highest BCUT2D eigenvalue weighted by Crippen LogP contribution is 2.33. The van der Waals surface area contributed by atoms with E-state index < -0.39 is 5.97 Å². The van der Waals surface area contributed by atoms with Crippen LogP contribution in [0.5, 0.6) is 5.75 Å². The number of benzene rings is 1. The van der Waals surface area contributed by atoms with Gasteiger partial charge in [0.05, 0.1) is 18.7 Å². The first-order valence-electron chi connectivity index (χ1n) is 8.78. The summed E-state index contributed by atoms with van der Waals surface area (Å²) in [6.45, 7) is 10.8. The van der Waals surface area contributed by atoms with E-state index >= 15 is 0 Å². The number of hydrogen-bond acceptors (Lipinski definition) is 5. The van der Waals surface area contributed by atoms with Gasteiger partial charge in [-0.2, -0.15) is 0 Å². The lowest BCUT2D eigenvalue weighted by atomic mass is 9.85. The van der Waals surface area contributed by atoms with Crippen LogP contribution < -0.4 is 10.1 Å². The van der Waals surface area contributed by atoms with Crippen LogP contribution in [0.25, 0.3) is 0 Å². The van der Waals surface area contributed by atoms with Crippen LogP contribution in [0, 0.1) is 13.8 Å². The van der Waals surface area contributed by atoms with Crippen molar-refractivity contribution in [3.63, 3.8) is 0 Å². The van der Waals surface area contributed by atoms with E-state index in [9.17, 15) is 9.59 Å². The molecular formula is C20H26N2O4S. The Kier molecular flexibility index (Phi) is 6.59. The molecule has 1 aromatic heterocycles. The van der Waals surface area contributed by atoms with Gasteiger partial charge in [0.1, 0.15) is 22.2 Å². The predicted molar refractivity (Wildman–Crippen MR) is 106 cm³/mol. The maximum atomic E-state index is 12.1. The van der Waals surface area contributed by atoms with Crippen LogP contribution in [0.15, 0.2) is 18.2 Å². The Morgan fingerprint density at radius 1 is 1.26 bits per heavy atom. The molecule has 0 atom stereocenters. The van der Waals surface area contributed by atoms with Crippen molar-refractivity contribution in [3.8, 4) is 5.75 Å². The van der Waals surface area contributed by atoms with Crippen molar-refractivity contribution in [2.75, 3.05) is 13.2 Å². The molecule has 0 aliphatic rings. The van der Waals surface area contributed by atoms with Gasteiger partial charge in [0, 0.05) is 0 Å². The van der Waals surface area contributed by atoms with Crippen molar-refractivity contribution < 1.29 is 19.4 Å². The number of ether oxygens (including phenoxy) is 1. The maximum absolute atomic E-state index is 12.1. The third kappa shape index (κ3) is 5.53. The summed E-state index contributed by atoms with van der Waals surface area (Å²) in [5.74, 6) is -0.357. The fourth-order valence-electron chi connectivity index (χ4n) is 2.70. The zero-order chi connectivity index (χ0) is 20.2. The van der Waals surface area contributed by atoms with E-state index in [0.29, 0.717) is 23.9 Å². The number of hydrogen-bond donors (Lipinski definition) is 2. The molecular weight excluding hydrogens is 364 g/mol. The van der Waals surface area contributed by atoms with E-state index in [-0.39, 0.29) is 22.6 Å². The number of rotatable bonds is 7. The summed E-state index contributed by atoms with van der Waals surface area (Å²) >= 11 is 1.04. The Labute approximate surface area is 163 Å². The number of thiazole rings is 1. The van der Waals surface area contributed by atoms with Crippen LogP contribution in [0.3, 0.4) is 0 Å². The summed E-state index contributed by atoms with van der Waals surface area (Å²) < 4.78 is 5.94. The number of aromatic carboxylic acids is 1. The van der Waals surface area contributed by atoms with Crippen molar-refractivity contribution in [1.29, 1.82) is 0 Å². The second kappa shape index (κ2) is 8.52. The van der Waals surface area contributed by atoms with Gasteiger partial charge in [-0.05, 0) is 30.4 Å². The first kappa shape index (κ1) is 20.9. The van der Waals surface area contributed by atoms with E-state index in [2.05, 4.69) is 37.1 Å². The molecule has 0 aliphatic carbocycles. The van der Waals surface area contributed by atoms with Crippen molar-refractivity contribution in [2.24, 2.45) is 0 Å². The Bertz CT molecular complexity index is 837. The SMILES string of the molecule is Cc1cccc(C(C)(C)C)c1OCCNC(=O)Cc1nc(C)c(C(=O)O)s1. The van der Waals surface area contributed by atoms with E-state index in [0.717, 1.165) is 28.2 Å². The normalized spacial score (nSPS) is 11.3. The molecule has 1 heterocycles. The molecule has 2 rings (SSSR count). The largest absolute Gasteiger partial charge is 0.491 e. The molecule has 0 saturated carbocycles. The van der Waals surface area contributed by atoms with Gasteiger partial charge in [0.2, 0.25) is 5.91 Å². The standard InChI is InChI=1S/C20H26N2O4S/c1-12-7-6-8-14(20(3,4)5)17(12)26-10-9-21-15(23)11-16-22-13(2)18(27-16)19(24)25/h6-8H,9-11H2,1-5H3,(H,21,23)(H,24,25). The summed E-state index contributed by atoms with van der Waals surface area (Å²) in [4.78, 5) is 27.4. The predicted octanol–water partition coefficient (Wildman–Crippen LogP) is 3.49. The first-order valence-corrected chi connectivity index (χ1v) is 9.60. The molecule has 27 heavy (non-hydrogen) atoms. The highest BCUT2D eigenvalue weighted by molar-refractivity contribution is 7.13. The number of amides is 1. The molecule has 0 spiro atoms. The van der Waals surface area contributed by atoms with Crippen LogP contribution in [-0.2, 0) is 16.6 Å². The number of carbonyl (C=O) groups is 2. The number of nitrogens with zero attached hydrogens (tertiary/aromatic N) is 1. The van der Waals surface area contributed by atoms with Gasteiger partial charge < -0.3 is 15.2 Å². The minimum absolute atomic E-state index is 0.0326. The Balaban J connectivity index is 1.88. The summed E-state index contributed by atoms with van der Waals surface area (Å²) in [7, 11) is 0. The third-order valence-electron chi connectivity index (χ3n) is 4.04. The summed E-state index contributed by atoms with van der Waals surface area (Å²) in [6, 6.07) is 6.09. The molecule has 0 aliphatic heterocycles. The zero-order valence-electron chi connectivity index (χ0n) is 16.4. The van der Waals surface area contributed by atoms with Gasteiger partial charge in [0.25, 0.3) is 0 Å². The number of carbonyl (C=O) groups excluding carboxylic acids is 1. The van der Waals surface area contributed by atoms with Crippen molar-refractivity contribution in [1.82, 2.24) is 10.3 Å². The summed E-state index contributed by atoms with van der Waals surface area (Å²) in [5, 5.41) is 12.3. The van der Waals surface area contributed by atoms with Gasteiger partial charge in [-0.3, -0.25) is 4.79 Å². The molecule has 1 aromatic carbocycles.